The van der Waals surface area contributed by atoms with Crippen LogP contribution < -0.4 is 10.2 Å². The van der Waals surface area contributed by atoms with E-state index in [1.165, 1.54) is 0 Å². The molecule has 3 heterocycles. The second-order valence-corrected chi connectivity index (χ2v) is 6.15. The molecule has 1 N–H and O–H groups in total. The van der Waals surface area contributed by atoms with Gasteiger partial charge in [-0.25, -0.2) is 0 Å². The van der Waals surface area contributed by atoms with Crippen molar-refractivity contribution in [1.29, 1.82) is 0 Å². The van der Waals surface area contributed by atoms with E-state index in [4.69, 9.17) is 4.52 Å². The third-order valence-electron chi connectivity index (χ3n) is 4.47. The highest BCUT2D eigenvalue weighted by molar-refractivity contribution is 5.79. The number of hydrogen-bond acceptors (Lipinski definition) is 7. The van der Waals surface area contributed by atoms with Crippen molar-refractivity contribution in [3.05, 3.63) is 29.2 Å². The number of rotatable bonds is 5. The molecule has 0 bridgehead atoms. The standard InChI is InChI=1S/C17H24N6O2/c1-4-18-15-5-6-16(20-19-15)22-7-9-23(10-8-22)17(24)11-14-12(2)21-25-13(14)3/h5-6H,4,7-11H2,1-3H3,(H,18,19). The zero-order valence-corrected chi connectivity index (χ0v) is 14.9. The Morgan fingerprint density at radius 2 is 1.96 bits per heavy atom. The summed E-state index contributed by atoms with van der Waals surface area (Å²) in [6, 6.07) is 3.90. The maximum atomic E-state index is 12.5. The molecule has 1 fully saturated rings. The van der Waals surface area contributed by atoms with E-state index < -0.39 is 0 Å². The van der Waals surface area contributed by atoms with Crippen molar-refractivity contribution in [2.24, 2.45) is 0 Å². The Morgan fingerprint density at radius 3 is 2.52 bits per heavy atom. The van der Waals surface area contributed by atoms with Crippen LogP contribution in [0.3, 0.4) is 0 Å². The van der Waals surface area contributed by atoms with Crippen LogP contribution in [0.4, 0.5) is 11.6 Å². The van der Waals surface area contributed by atoms with Crippen molar-refractivity contribution < 1.29 is 9.32 Å². The maximum absolute atomic E-state index is 12.5. The summed E-state index contributed by atoms with van der Waals surface area (Å²) in [6.45, 7) is 9.42. The number of nitrogens with zero attached hydrogens (tertiary/aromatic N) is 5. The molecule has 0 unspecified atom stereocenters. The van der Waals surface area contributed by atoms with Gasteiger partial charge in [-0.05, 0) is 32.9 Å². The number of anilines is 2. The Bertz CT molecular complexity index is 700. The lowest BCUT2D eigenvalue weighted by molar-refractivity contribution is -0.130. The molecular weight excluding hydrogens is 320 g/mol. The topological polar surface area (TPSA) is 87.4 Å². The van der Waals surface area contributed by atoms with Gasteiger partial charge in [-0.2, -0.15) is 0 Å². The summed E-state index contributed by atoms with van der Waals surface area (Å²) in [5.74, 6) is 2.46. The van der Waals surface area contributed by atoms with E-state index in [9.17, 15) is 4.79 Å². The van der Waals surface area contributed by atoms with Crippen LogP contribution in [0.2, 0.25) is 0 Å². The molecule has 134 valence electrons. The third kappa shape index (κ3) is 3.89. The first kappa shape index (κ1) is 17.2. The third-order valence-corrected chi connectivity index (χ3v) is 4.47. The molecule has 1 aliphatic heterocycles. The highest BCUT2D eigenvalue weighted by atomic mass is 16.5. The molecule has 25 heavy (non-hydrogen) atoms. The number of piperazine rings is 1. The first-order chi connectivity index (χ1) is 12.1. The molecule has 1 aliphatic rings. The van der Waals surface area contributed by atoms with Gasteiger partial charge in [0.05, 0.1) is 12.1 Å². The minimum atomic E-state index is 0.114. The van der Waals surface area contributed by atoms with Crippen molar-refractivity contribution in [2.75, 3.05) is 42.9 Å². The minimum Gasteiger partial charge on any atom is -0.369 e. The van der Waals surface area contributed by atoms with Crippen LogP contribution in [-0.4, -0.2) is 58.9 Å². The van der Waals surface area contributed by atoms with Crippen molar-refractivity contribution in [2.45, 2.75) is 27.2 Å². The van der Waals surface area contributed by atoms with Gasteiger partial charge in [0.15, 0.2) is 5.82 Å². The molecule has 2 aromatic heterocycles. The Balaban J connectivity index is 1.55. The van der Waals surface area contributed by atoms with E-state index in [2.05, 4.69) is 25.6 Å². The number of nitrogens with one attached hydrogen (secondary N) is 1. The van der Waals surface area contributed by atoms with Crippen molar-refractivity contribution in [1.82, 2.24) is 20.3 Å². The van der Waals surface area contributed by atoms with E-state index >= 15 is 0 Å². The number of carbonyl (C=O) groups excluding carboxylic acids is 1. The lowest BCUT2D eigenvalue weighted by Gasteiger charge is -2.35. The monoisotopic (exact) mass is 344 g/mol. The molecule has 0 saturated carbocycles. The molecule has 2 aromatic rings. The Hall–Kier alpha value is -2.64. The maximum Gasteiger partial charge on any atom is 0.227 e. The summed E-state index contributed by atoms with van der Waals surface area (Å²) in [5, 5.41) is 15.5. The zero-order chi connectivity index (χ0) is 17.8. The van der Waals surface area contributed by atoms with E-state index in [1.807, 2.05) is 37.8 Å². The molecule has 0 radical (unpaired) electrons. The van der Waals surface area contributed by atoms with Gasteiger partial charge in [0.1, 0.15) is 11.6 Å². The number of amides is 1. The van der Waals surface area contributed by atoms with Crippen LogP contribution in [-0.2, 0) is 11.2 Å². The fourth-order valence-corrected chi connectivity index (χ4v) is 2.97. The lowest BCUT2D eigenvalue weighted by atomic mass is 10.1. The molecule has 0 aliphatic carbocycles. The SMILES string of the molecule is CCNc1ccc(N2CCN(C(=O)Cc3c(C)noc3C)CC2)nn1. The van der Waals surface area contributed by atoms with Crippen LogP contribution in [0.25, 0.3) is 0 Å². The van der Waals surface area contributed by atoms with Gasteiger partial charge in [0, 0.05) is 38.3 Å². The van der Waals surface area contributed by atoms with Gasteiger partial charge in [0.2, 0.25) is 5.91 Å². The average Bonchev–Trinajstić information content (AvgIpc) is 2.95. The summed E-state index contributed by atoms with van der Waals surface area (Å²) in [4.78, 5) is 16.6. The number of aromatic nitrogens is 3. The molecule has 0 spiro atoms. The van der Waals surface area contributed by atoms with Gasteiger partial charge in [0.25, 0.3) is 0 Å². The van der Waals surface area contributed by atoms with Crippen molar-refractivity contribution in [3.63, 3.8) is 0 Å². The summed E-state index contributed by atoms with van der Waals surface area (Å²) < 4.78 is 5.14. The predicted octanol–water partition coefficient (Wildman–Crippen LogP) is 1.40. The summed E-state index contributed by atoms with van der Waals surface area (Å²) in [6.07, 6.45) is 0.346. The number of aryl methyl sites for hydroxylation is 2. The van der Waals surface area contributed by atoms with E-state index in [1.54, 1.807) is 0 Å². The van der Waals surface area contributed by atoms with Gasteiger partial charge < -0.3 is 19.6 Å². The lowest BCUT2D eigenvalue weighted by Crippen LogP contribution is -2.49. The van der Waals surface area contributed by atoms with E-state index in [0.717, 1.165) is 48.3 Å². The second-order valence-electron chi connectivity index (χ2n) is 6.15. The second kappa shape index (κ2) is 7.50. The molecule has 1 saturated heterocycles. The number of hydrogen-bond donors (Lipinski definition) is 1. The molecule has 8 nitrogen and oxygen atoms in total. The van der Waals surface area contributed by atoms with Crippen LogP contribution in [0.15, 0.2) is 16.7 Å². The molecule has 3 rings (SSSR count). The average molecular weight is 344 g/mol. The molecule has 0 aromatic carbocycles. The fourth-order valence-electron chi connectivity index (χ4n) is 2.97. The Labute approximate surface area is 147 Å². The zero-order valence-electron chi connectivity index (χ0n) is 14.9. The van der Waals surface area contributed by atoms with E-state index in [0.29, 0.717) is 19.5 Å². The summed E-state index contributed by atoms with van der Waals surface area (Å²) in [5.41, 5.74) is 1.69. The van der Waals surface area contributed by atoms with Crippen molar-refractivity contribution >= 4 is 17.5 Å². The predicted molar refractivity (Wildman–Crippen MR) is 94.7 cm³/mol. The molecule has 8 heteroatoms. The smallest absolute Gasteiger partial charge is 0.227 e. The number of carbonyl (C=O) groups is 1. The van der Waals surface area contributed by atoms with Gasteiger partial charge in [-0.1, -0.05) is 5.16 Å². The van der Waals surface area contributed by atoms with Gasteiger partial charge >= 0.3 is 0 Å². The van der Waals surface area contributed by atoms with Gasteiger partial charge in [-0.15, -0.1) is 10.2 Å². The Kier molecular flexibility index (Phi) is 5.16. The first-order valence-electron chi connectivity index (χ1n) is 8.60. The van der Waals surface area contributed by atoms with E-state index in [-0.39, 0.29) is 5.91 Å². The fraction of sp³-hybridized carbons (Fsp3) is 0.529. The normalized spacial score (nSPS) is 14.7. The van der Waals surface area contributed by atoms with Crippen LogP contribution >= 0.6 is 0 Å². The highest BCUT2D eigenvalue weighted by Gasteiger charge is 2.24. The molecule has 0 atom stereocenters. The Morgan fingerprint density at radius 1 is 1.20 bits per heavy atom. The molecular formula is C17H24N6O2. The largest absolute Gasteiger partial charge is 0.369 e. The molecule has 1 amide bonds. The first-order valence-corrected chi connectivity index (χ1v) is 8.60. The van der Waals surface area contributed by atoms with Crippen molar-refractivity contribution in [3.8, 4) is 0 Å². The summed E-state index contributed by atoms with van der Waals surface area (Å²) in [7, 11) is 0. The van der Waals surface area contributed by atoms with Gasteiger partial charge in [-0.3, -0.25) is 4.79 Å². The highest BCUT2D eigenvalue weighted by Crippen LogP contribution is 2.17. The summed E-state index contributed by atoms with van der Waals surface area (Å²) >= 11 is 0. The van der Waals surface area contributed by atoms with Crippen LogP contribution in [0.1, 0.15) is 23.9 Å². The quantitative estimate of drug-likeness (QED) is 0.877. The minimum absolute atomic E-state index is 0.114. The van der Waals surface area contributed by atoms with Crippen LogP contribution in [0.5, 0.6) is 0 Å². The van der Waals surface area contributed by atoms with Crippen LogP contribution in [0, 0.1) is 13.8 Å².